The fourth-order valence-electron chi connectivity index (χ4n) is 3.07. The number of esters is 1. The Balaban J connectivity index is 2.65. The Kier molecular flexibility index (Phi) is 5.63. The number of rotatable bonds is 5. The molecule has 1 amide bonds. The minimum atomic E-state index is -1.77. The molecule has 1 unspecified atom stereocenters. The Morgan fingerprint density at radius 2 is 2.00 bits per heavy atom. The van der Waals surface area contributed by atoms with Crippen molar-refractivity contribution in [3.63, 3.8) is 0 Å². The molecule has 10 heteroatoms. The fraction of sp³-hybridized carbons (Fsp3) is 0.375. The van der Waals surface area contributed by atoms with Gasteiger partial charge >= 0.3 is 5.97 Å². The molecule has 0 radical (unpaired) electrons. The van der Waals surface area contributed by atoms with E-state index in [2.05, 4.69) is 11.3 Å². The standard InChI is InChI=1S/C16H15F3N2O5/c1-3-4-20-7-12(21(24)25)13(14(15(20)22)16(23)26-2)8-5-10(18)11(19)6-9(8)17/h3,5-6,12-14H,1,4,7H2,2H3/t12-,13+,14?/m0/s1. The van der Waals surface area contributed by atoms with Gasteiger partial charge < -0.3 is 9.64 Å². The van der Waals surface area contributed by atoms with Gasteiger partial charge in [0.2, 0.25) is 11.9 Å². The molecule has 2 rings (SSSR count). The number of nitro groups is 1. The van der Waals surface area contributed by atoms with Gasteiger partial charge in [-0.25, -0.2) is 13.2 Å². The number of nitrogens with zero attached hydrogens (tertiary/aromatic N) is 2. The second-order valence-corrected chi connectivity index (χ2v) is 5.70. The summed E-state index contributed by atoms with van der Waals surface area (Å²) in [6.07, 6.45) is 1.31. The highest BCUT2D eigenvalue weighted by molar-refractivity contribution is 5.99. The highest BCUT2D eigenvalue weighted by Gasteiger charge is 2.53. The molecular formula is C16H15F3N2O5. The summed E-state index contributed by atoms with van der Waals surface area (Å²) in [7, 11) is 0.960. The molecule has 140 valence electrons. The van der Waals surface area contributed by atoms with Crippen molar-refractivity contribution in [2.75, 3.05) is 20.2 Å². The van der Waals surface area contributed by atoms with Crippen molar-refractivity contribution in [3.05, 3.63) is 57.9 Å². The molecule has 1 heterocycles. The number of ether oxygens (including phenoxy) is 1. The van der Waals surface area contributed by atoms with Crippen molar-refractivity contribution in [2.45, 2.75) is 12.0 Å². The Morgan fingerprint density at radius 3 is 2.54 bits per heavy atom. The van der Waals surface area contributed by atoms with Crippen LogP contribution in [0.3, 0.4) is 0 Å². The van der Waals surface area contributed by atoms with Crippen molar-refractivity contribution in [1.82, 2.24) is 4.90 Å². The van der Waals surface area contributed by atoms with Crippen molar-refractivity contribution in [1.29, 1.82) is 0 Å². The fourth-order valence-corrected chi connectivity index (χ4v) is 3.07. The predicted molar refractivity (Wildman–Crippen MR) is 82.1 cm³/mol. The Morgan fingerprint density at radius 1 is 1.38 bits per heavy atom. The van der Waals surface area contributed by atoms with Gasteiger partial charge in [-0.05, 0) is 6.07 Å². The summed E-state index contributed by atoms with van der Waals surface area (Å²) in [5.41, 5.74) is -0.632. The average molecular weight is 372 g/mol. The number of hydrogen-bond acceptors (Lipinski definition) is 5. The maximum absolute atomic E-state index is 14.2. The number of hydrogen-bond donors (Lipinski definition) is 0. The van der Waals surface area contributed by atoms with Crippen LogP contribution >= 0.6 is 0 Å². The molecule has 1 aromatic rings. The average Bonchev–Trinajstić information content (AvgIpc) is 2.58. The van der Waals surface area contributed by atoms with Crippen LogP contribution in [0, 0.1) is 33.5 Å². The first-order valence-electron chi connectivity index (χ1n) is 7.48. The molecule has 1 aromatic carbocycles. The Hall–Kier alpha value is -2.91. The van der Waals surface area contributed by atoms with E-state index in [1.165, 1.54) is 6.08 Å². The summed E-state index contributed by atoms with van der Waals surface area (Å²) >= 11 is 0. The minimum Gasteiger partial charge on any atom is -0.468 e. The number of likely N-dealkylation sites (tertiary alicyclic amines) is 1. The lowest BCUT2D eigenvalue weighted by Crippen LogP contribution is -2.57. The molecule has 26 heavy (non-hydrogen) atoms. The van der Waals surface area contributed by atoms with Crippen molar-refractivity contribution >= 4 is 11.9 Å². The van der Waals surface area contributed by atoms with E-state index in [1.807, 2.05) is 0 Å². The number of methoxy groups -OCH3 is 1. The molecule has 0 saturated carbocycles. The lowest BCUT2D eigenvalue weighted by atomic mass is 9.76. The van der Waals surface area contributed by atoms with Gasteiger partial charge in [0.15, 0.2) is 11.6 Å². The third-order valence-corrected chi connectivity index (χ3v) is 4.23. The van der Waals surface area contributed by atoms with Gasteiger partial charge in [-0.3, -0.25) is 19.7 Å². The summed E-state index contributed by atoms with van der Waals surface area (Å²) in [5, 5.41) is 11.5. The molecular weight excluding hydrogens is 357 g/mol. The van der Waals surface area contributed by atoms with Crippen molar-refractivity contribution in [2.24, 2.45) is 5.92 Å². The van der Waals surface area contributed by atoms with Gasteiger partial charge in [-0.2, -0.15) is 0 Å². The van der Waals surface area contributed by atoms with Crippen LogP contribution in [0.15, 0.2) is 24.8 Å². The molecule has 0 aromatic heterocycles. The quantitative estimate of drug-likeness (QED) is 0.196. The summed E-state index contributed by atoms with van der Waals surface area (Å²) < 4.78 is 45.6. The SMILES string of the molecule is C=CCN1C[C@H]([N+](=O)[O-])[C@@H](c2cc(F)c(F)cc2F)C(C(=O)OC)C1=O. The summed E-state index contributed by atoms with van der Waals surface area (Å²) in [4.78, 5) is 36.5. The van der Waals surface area contributed by atoms with Crippen LogP contribution in [0.25, 0.3) is 0 Å². The van der Waals surface area contributed by atoms with Gasteiger partial charge in [0.25, 0.3) is 0 Å². The maximum atomic E-state index is 14.2. The number of piperidine rings is 1. The normalized spacial score (nSPS) is 22.8. The predicted octanol–water partition coefficient (Wildman–Crippen LogP) is 1.65. The number of halogens is 3. The molecule has 1 fully saturated rings. The third kappa shape index (κ3) is 3.39. The summed E-state index contributed by atoms with van der Waals surface area (Å²) in [6, 6.07) is -0.981. The number of benzene rings is 1. The minimum absolute atomic E-state index is 0.0797. The summed E-state index contributed by atoms with van der Waals surface area (Å²) in [6.45, 7) is 2.90. The van der Waals surface area contributed by atoms with E-state index in [0.717, 1.165) is 12.0 Å². The van der Waals surface area contributed by atoms with E-state index in [9.17, 15) is 32.9 Å². The number of carbonyl (C=O) groups is 2. The zero-order valence-corrected chi connectivity index (χ0v) is 13.7. The first-order valence-corrected chi connectivity index (χ1v) is 7.48. The van der Waals surface area contributed by atoms with Gasteiger partial charge in [0.1, 0.15) is 11.7 Å². The van der Waals surface area contributed by atoms with E-state index in [4.69, 9.17) is 0 Å². The largest absolute Gasteiger partial charge is 0.468 e. The van der Waals surface area contributed by atoms with Crippen LogP contribution in [0.2, 0.25) is 0 Å². The van der Waals surface area contributed by atoms with Gasteiger partial charge in [-0.15, -0.1) is 6.58 Å². The molecule has 7 nitrogen and oxygen atoms in total. The van der Waals surface area contributed by atoms with Crippen molar-refractivity contribution < 1.29 is 32.4 Å². The molecule has 3 atom stereocenters. The molecule has 0 N–H and O–H groups in total. The second kappa shape index (κ2) is 7.54. The van der Waals surface area contributed by atoms with Crippen LogP contribution in [0.1, 0.15) is 11.5 Å². The molecule has 0 aliphatic carbocycles. The number of carbonyl (C=O) groups excluding carboxylic acids is 2. The lowest BCUT2D eigenvalue weighted by molar-refractivity contribution is -0.529. The molecule has 0 bridgehead atoms. The first kappa shape index (κ1) is 19.4. The first-order chi connectivity index (χ1) is 12.2. The maximum Gasteiger partial charge on any atom is 0.319 e. The molecule has 1 saturated heterocycles. The molecule has 1 aliphatic rings. The highest BCUT2D eigenvalue weighted by Crippen LogP contribution is 2.38. The summed E-state index contributed by atoms with van der Waals surface area (Å²) in [5.74, 6) is -9.64. The molecule has 0 spiro atoms. The van der Waals surface area contributed by atoms with Crippen LogP contribution < -0.4 is 0 Å². The Labute approximate surface area is 146 Å². The van der Waals surface area contributed by atoms with Gasteiger partial charge in [0.05, 0.1) is 19.6 Å². The Bertz CT molecular complexity index is 770. The van der Waals surface area contributed by atoms with Gasteiger partial charge in [-0.1, -0.05) is 6.08 Å². The zero-order chi connectivity index (χ0) is 19.6. The van der Waals surface area contributed by atoms with Crippen molar-refractivity contribution in [3.8, 4) is 0 Å². The van der Waals surface area contributed by atoms with Crippen LogP contribution in [-0.4, -0.2) is 47.9 Å². The van der Waals surface area contributed by atoms with Crippen LogP contribution in [0.4, 0.5) is 13.2 Å². The third-order valence-electron chi connectivity index (χ3n) is 4.23. The van der Waals surface area contributed by atoms with Crippen LogP contribution in [-0.2, 0) is 14.3 Å². The molecule has 1 aliphatic heterocycles. The smallest absolute Gasteiger partial charge is 0.319 e. The van der Waals surface area contributed by atoms with E-state index in [1.54, 1.807) is 0 Å². The van der Waals surface area contributed by atoms with E-state index in [-0.39, 0.29) is 12.6 Å². The van der Waals surface area contributed by atoms with E-state index in [0.29, 0.717) is 6.07 Å². The highest BCUT2D eigenvalue weighted by atomic mass is 19.2. The van der Waals surface area contributed by atoms with Gasteiger partial charge in [0, 0.05) is 23.1 Å². The second-order valence-electron chi connectivity index (χ2n) is 5.70. The van der Waals surface area contributed by atoms with Crippen LogP contribution in [0.5, 0.6) is 0 Å². The zero-order valence-electron chi connectivity index (χ0n) is 13.7. The topological polar surface area (TPSA) is 89.8 Å². The van der Waals surface area contributed by atoms with E-state index < -0.39 is 64.2 Å². The lowest BCUT2D eigenvalue weighted by Gasteiger charge is -2.37. The number of amides is 1. The van der Waals surface area contributed by atoms with E-state index >= 15 is 0 Å². The monoisotopic (exact) mass is 372 g/mol.